The number of nitrogens with one attached hydrogen (secondary N) is 1. The average Bonchev–Trinajstić information content (AvgIpc) is 2.45. The first-order valence-electron chi connectivity index (χ1n) is 6.20. The molecule has 7 heteroatoms. The van der Waals surface area contributed by atoms with Crippen LogP contribution in [0.2, 0.25) is 0 Å². The highest BCUT2D eigenvalue weighted by atomic mass is 16.5. The van der Waals surface area contributed by atoms with Gasteiger partial charge in [0, 0.05) is 12.7 Å². The van der Waals surface area contributed by atoms with Crippen LogP contribution >= 0.6 is 0 Å². The number of carbonyl (C=O) groups excluding carboxylic acids is 2. The summed E-state index contributed by atoms with van der Waals surface area (Å²) in [4.78, 5) is 33.4. The van der Waals surface area contributed by atoms with E-state index in [1.807, 2.05) is 0 Å². The zero-order chi connectivity index (χ0) is 15.8. The fourth-order valence-corrected chi connectivity index (χ4v) is 1.48. The molecule has 1 aromatic carbocycles. The van der Waals surface area contributed by atoms with E-state index < -0.39 is 18.0 Å². The lowest BCUT2D eigenvalue weighted by atomic mass is 10.1. The van der Waals surface area contributed by atoms with Gasteiger partial charge in [0.2, 0.25) is 0 Å². The Hall–Kier alpha value is -2.41. The SMILES string of the molecule is COC(CNC(=O)COc1cccc(C(C)=O)c1)C(=O)O. The van der Waals surface area contributed by atoms with Gasteiger partial charge >= 0.3 is 5.97 Å². The molecule has 0 radical (unpaired) electrons. The van der Waals surface area contributed by atoms with Gasteiger partial charge in [-0.1, -0.05) is 12.1 Å². The van der Waals surface area contributed by atoms with Gasteiger partial charge in [0.25, 0.3) is 5.91 Å². The van der Waals surface area contributed by atoms with Crippen molar-refractivity contribution in [1.29, 1.82) is 0 Å². The normalized spacial score (nSPS) is 11.5. The van der Waals surface area contributed by atoms with Crippen LogP contribution in [0.4, 0.5) is 0 Å². The fraction of sp³-hybridized carbons (Fsp3) is 0.357. The third-order valence-corrected chi connectivity index (χ3v) is 2.66. The first-order chi connectivity index (χ1) is 9.93. The number of hydrogen-bond acceptors (Lipinski definition) is 5. The molecule has 1 amide bonds. The van der Waals surface area contributed by atoms with Gasteiger partial charge in [-0.25, -0.2) is 4.79 Å². The van der Waals surface area contributed by atoms with Crippen LogP contribution in [0.1, 0.15) is 17.3 Å². The maximum Gasteiger partial charge on any atom is 0.334 e. The summed E-state index contributed by atoms with van der Waals surface area (Å²) < 4.78 is 9.91. The molecular weight excluding hydrogens is 278 g/mol. The van der Waals surface area contributed by atoms with Crippen molar-refractivity contribution >= 4 is 17.7 Å². The highest BCUT2D eigenvalue weighted by Gasteiger charge is 2.17. The predicted octanol–water partition coefficient (Wildman–Crippen LogP) is 0.484. The van der Waals surface area contributed by atoms with Crippen molar-refractivity contribution in [3.05, 3.63) is 29.8 Å². The summed E-state index contributed by atoms with van der Waals surface area (Å²) in [5.41, 5.74) is 0.484. The first-order valence-corrected chi connectivity index (χ1v) is 6.20. The summed E-state index contributed by atoms with van der Waals surface area (Å²) in [5, 5.41) is 11.1. The van der Waals surface area contributed by atoms with Gasteiger partial charge in [-0.05, 0) is 19.1 Å². The molecule has 0 saturated heterocycles. The number of hydrogen-bond donors (Lipinski definition) is 2. The third kappa shape index (κ3) is 5.62. The highest BCUT2D eigenvalue weighted by molar-refractivity contribution is 5.94. The molecular formula is C14H17NO6. The van der Waals surface area contributed by atoms with Crippen molar-refractivity contribution in [2.75, 3.05) is 20.3 Å². The molecule has 0 aromatic heterocycles. The summed E-state index contributed by atoms with van der Waals surface area (Å²) in [5.74, 6) is -1.35. The van der Waals surface area contributed by atoms with E-state index in [1.165, 1.54) is 20.1 Å². The Bertz CT molecular complexity index is 528. The quantitative estimate of drug-likeness (QED) is 0.676. The van der Waals surface area contributed by atoms with Crippen LogP contribution < -0.4 is 10.1 Å². The Balaban J connectivity index is 2.44. The Labute approximate surface area is 121 Å². The molecule has 21 heavy (non-hydrogen) atoms. The molecule has 0 saturated carbocycles. The largest absolute Gasteiger partial charge is 0.484 e. The molecule has 1 rings (SSSR count). The van der Waals surface area contributed by atoms with E-state index in [4.69, 9.17) is 9.84 Å². The number of ketones is 1. The van der Waals surface area contributed by atoms with Gasteiger partial charge in [-0.3, -0.25) is 9.59 Å². The zero-order valence-corrected chi connectivity index (χ0v) is 11.8. The average molecular weight is 295 g/mol. The number of benzene rings is 1. The van der Waals surface area contributed by atoms with Crippen LogP contribution in [0.15, 0.2) is 24.3 Å². The van der Waals surface area contributed by atoms with E-state index in [0.29, 0.717) is 11.3 Å². The number of rotatable bonds is 8. The maximum absolute atomic E-state index is 11.5. The van der Waals surface area contributed by atoms with Gasteiger partial charge in [-0.2, -0.15) is 0 Å². The second kappa shape index (κ2) is 8.01. The topological polar surface area (TPSA) is 102 Å². The molecule has 114 valence electrons. The minimum Gasteiger partial charge on any atom is -0.484 e. The molecule has 0 spiro atoms. The lowest BCUT2D eigenvalue weighted by Gasteiger charge is -2.12. The second-order valence-corrected chi connectivity index (χ2v) is 4.24. The van der Waals surface area contributed by atoms with Crippen LogP contribution in [-0.2, 0) is 14.3 Å². The van der Waals surface area contributed by atoms with Crippen molar-refractivity contribution < 1.29 is 29.0 Å². The monoisotopic (exact) mass is 295 g/mol. The van der Waals surface area contributed by atoms with E-state index in [-0.39, 0.29) is 18.9 Å². The minimum absolute atomic E-state index is 0.103. The van der Waals surface area contributed by atoms with Gasteiger partial charge in [0.15, 0.2) is 18.5 Å². The number of carboxylic acid groups (broad SMARTS) is 1. The predicted molar refractivity (Wildman–Crippen MR) is 73.4 cm³/mol. The summed E-state index contributed by atoms with van der Waals surface area (Å²) in [7, 11) is 1.24. The lowest BCUT2D eigenvalue weighted by Crippen LogP contribution is -2.39. The number of methoxy groups -OCH3 is 1. The highest BCUT2D eigenvalue weighted by Crippen LogP contribution is 2.13. The van der Waals surface area contributed by atoms with Crippen molar-refractivity contribution in [3.63, 3.8) is 0 Å². The number of aliphatic carboxylic acids is 1. The summed E-state index contributed by atoms with van der Waals surface area (Å²) in [6.07, 6.45) is -1.10. The fourth-order valence-electron chi connectivity index (χ4n) is 1.48. The van der Waals surface area contributed by atoms with E-state index in [0.717, 1.165) is 0 Å². The molecule has 0 aliphatic heterocycles. The Morgan fingerprint density at radius 3 is 2.62 bits per heavy atom. The smallest absolute Gasteiger partial charge is 0.334 e. The van der Waals surface area contributed by atoms with Gasteiger partial charge in [0.1, 0.15) is 5.75 Å². The molecule has 2 N–H and O–H groups in total. The van der Waals surface area contributed by atoms with E-state index >= 15 is 0 Å². The van der Waals surface area contributed by atoms with E-state index in [1.54, 1.807) is 18.2 Å². The Kier molecular flexibility index (Phi) is 6.35. The van der Waals surface area contributed by atoms with Crippen LogP contribution in [0.25, 0.3) is 0 Å². The van der Waals surface area contributed by atoms with E-state index in [9.17, 15) is 14.4 Å². The van der Waals surface area contributed by atoms with Crippen molar-refractivity contribution in [2.45, 2.75) is 13.0 Å². The van der Waals surface area contributed by atoms with Crippen LogP contribution in [0, 0.1) is 0 Å². The zero-order valence-electron chi connectivity index (χ0n) is 11.8. The van der Waals surface area contributed by atoms with Crippen LogP contribution in [0.3, 0.4) is 0 Å². The first kappa shape index (κ1) is 16.6. The molecule has 0 fully saturated rings. The Morgan fingerprint density at radius 2 is 2.05 bits per heavy atom. The number of amides is 1. The number of carbonyl (C=O) groups is 3. The second-order valence-electron chi connectivity index (χ2n) is 4.24. The van der Waals surface area contributed by atoms with E-state index in [2.05, 4.69) is 10.1 Å². The molecule has 1 atom stereocenters. The molecule has 0 bridgehead atoms. The number of ether oxygens (including phenoxy) is 2. The molecule has 0 aliphatic carbocycles. The Morgan fingerprint density at radius 1 is 1.33 bits per heavy atom. The number of Topliss-reactive ketones (excluding diaryl/α,β-unsaturated/α-hetero) is 1. The molecule has 7 nitrogen and oxygen atoms in total. The summed E-state index contributed by atoms with van der Waals surface area (Å²) in [6, 6.07) is 6.44. The summed E-state index contributed by atoms with van der Waals surface area (Å²) in [6.45, 7) is 1.00. The van der Waals surface area contributed by atoms with Gasteiger partial charge < -0.3 is 19.9 Å². The molecule has 0 aliphatic rings. The maximum atomic E-state index is 11.5. The molecule has 1 unspecified atom stereocenters. The van der Waals surface area contributed by atoms with Crippen LogP contribution in [0.5, 0.6) is 5.75 Å². The lowest BCUT2D eigenvalue weighted by molar-refractivity contribution is -0.148. The molecule has 1 aromatic rings. The third-order valence-electron chi connectivity index (χ3n) is 2.66. The minimum atomic E-state index is -1.16. The van der Waals surface area contributed by atoms with Gasteiger partial charge in [0.05, 0.1) is 6.54 Å². The standard InChI is InChI=1S/C14H17NO6/c1-9(16)10-4-3-5-11(6-10)21-8-13(17)15-7-12(20-2)14(18)19/h3-6,12H,7-8H2,1-2H3,(H,15,17)(H,18,19). The number of carboxylic acids is 1. The molecule has 0 heterocycles. The van der Waals surface area contributed by atoms with Crippen molar-refractivity contribution in [3.8, 4) is 5.75 Å². The van der Waals surface area contributed by atoms with Crippen molar-refractivity contribution in [2.24, 2.45) is 0 Å². The summed E-state index contributed by atoms with van der Waals surface area (Å²) >= 11 is 0. The van der Waals surface area contributed by atoms with Crippen molar-refractivity contribution in [1.82, 2.24) is 5.32 Å². The van der Waals surface area contributed by atoms with Gasteiger partial charge in [-0.15, -0.1) is 0 Å². The van der Waals surface area contributed by atoms with Crippen LogP contribution in [-0.4, -0.2) is 49.1 Å².